The van der Waals surface area contributed by atoms with Crippen LogP contribution in [0.1, 0.15) is 17.7 Å². The van der Waals surface area contributed by atoms with E-state index in [0.29, 0.717) is 29.7 Å². The molecule has 13 nitrogen and oxygen atoms in total. The lowest BCUT2D eigenvalue weighted by atomic mass is 9.89. The van der Waals surface area contributed by atoms with Gasteiger partial charge in [0.1, 0.15) is 28.6 Å². The molecule has 5 rings (SSSR count). The molecule has 38 heavy (non-hydrogen) atoms. The summed E-state index contributed by atoms with van der Waals surface area (Å²) in [6.07, 6.45) is 0.358. The van der Waals surface area contributed by atoms with E-state index in [0.717, 1.165) is 16.2 Å². The fraction of sp³-hybridized carbons (Fsp3) is 0.217. The van der Waals surface area contributed by atoms with Gasteiger partial charge in [-0.2, -0.15) is 0 Å². The quantitative estimate of drug-likeness (QED) is 0.0944. The van der Waals surface area contributed by atoms with E-state index in [9.17, 15) is 34.6 Å². The van der Waals surface area contributed by atoms with Gasteiger partial charge >= 0.3 is 5.97 Å². The number of β-lactam (4-membered cyclic amide) rings is 1. The maximum absolute atomic E-state index is 13.2. The van der Waals surface area contributed by atoms with E-state index in [1.165, 1.54) is 29.3 Å². The smallest absolute Gasteiger partial charge is 0.352 e. The van der Waals surface area contributed by atoms with E-state index >= 15 is 0 Å². The Morgan fingerprint density at radius 2 is 1.97 bits per heavy atom. The van der Waals surface area contributed by atoms with E-state index in [1.54, 1.807) is 12.1 Å². The second-order valence-electron chi connectivity index (χ2n) is 8.42. The molecular weight excluding hydrogens is 536 g/mol. The molecule has 7 N–H and O–H groups in total. The van der Waals surface area contributed by atoms with Gasteiger partial charge in [0, 0.05) is 28.8 Å². The number of hydrogen-bond donors (Lipinski definition) is 6. The fourth-order valence-electron chi connectivity index (χ4n) is 4.55. The maximum atomic E-state index is 13.2. The highest BCUT2D eigenvalue weighted by Crippen LogP contribution is 2.45. The van der Waals surface area contributed by atoms with Gasteiger partial charge in [0.2, 0.25) is 5.91 Å². The molecular formula is C23H20N6O7S2. The third-order valence-electron chi connectivity index (χ3n) is 6.23. The van der Waals surface area contributed by atoms with Crippen molar-refractivity contribution in [1.82, 2.24) is 20.5 Å². The number of nitrogens with zero attached hydrogens (tertiary/aromatic N) is 3. The molecule has 2 aromatic rings. The van der Waals surface area contributed by atoms with Crippen LogP contribution >= 0.6 is 23.1 Å². The van der Waals surface area contributed by atoms with Gasteiger partial charge in [-0.25, -0.2) is 9.78 Å². The average Bonchev–Trinajstić information content (AvgIpc) is 3.51. The van der Waals surface area contributed by atoms with Crippen molar-refractivity contribution in [2.24, 2.45) is 5.16 Å². The van der Waals surface area contributed by atoms with Crippen molar-refractivity contribution >= 4 is 63.2 Å². The predicted molar refractivity (Wildman–Crippen MR) is 137 cm³/mol. The first-order valence-electron chi connectivity index (χ1n) is 11.2. The zero-order valence-electron chi connectivity index (χ0n) is 19.4. The van der Waals surface area contributed by atoms with Crippen LogP contribution in [-0.4, -0.2) is 78.4 Å². The summed E-state index contributed by atoms with van der Waals surface area (Å²) in [6, 6.07) is 4.93. The molecule has 0 saturated carbocycles. The molecule has 196 valence electrons. The number of phenols is 1. The number of carboxylic acid groups (broad SMARTS) is 1. The van der Waals surface area contributed by atoms with Gasteiger partial charge < -0.3 is 31.8 Å². The molecule has 2 saturated heterocycles. The first-order valence-corrected chi connectivity index (χ1v) is 13.1. The number of aromatic hydroxyl groups is 1. The van der Waals surface area contributed by atoms with Crippen LogP contribution < -0.4 is 16.4 Å². The number of carbonyl (C=O) groups excluding carboxylic acids is 3. The van der Waals surface area contributed by atoms with Crippen LogP contribution in [0.15, 0.2) is 51.6 Å². The number of nitrogen functional groups attached to an aromatic ring is 1. The van der Waals surface area contributed by atoms with E-state index in [-0.39, 0.29) is 39.5 Å². The third-order valence-corrected chi connectivity index (χ3v) is 8.19. The molecule has 0 spiro atoms. The number of nitrogens with one attached hydrogen (secondary N) is 2. The number of hydrogen-bond acceptors (Lipinski definition) is 11. The first kappa shape index (κ1) is 25.3. The molecule has 1 aromatic heterocycles. The van der Waals surface area contributed by atoms with Crippen molar-refractivity contribution < 1.29 is 34.6 Å². The minimum Gasteiger partial charge on any atom is -0.508 e. The Morgan fingerprint density at radius 1 is 1.24 bits per heavy atom. The van der Waals surface area contributed by atoms with E-state index in [2.05, 4.69) is 20.8 Å². The number of aromatic nitrogens is 1. The van der Waals surface area contributed by atoms with Crippen molar-refractivity contribution in [2.45, 2.75) is 17.8 Å². The van der Waals surface area contributed by atoms with E-state index < -0.39 is 34.9 Å². The lowest BCUT2D eigenvalue weighted by molar-refractivity contribution is -0.150. The van der Waals surface area contributed by atoms with Crippen molar-refractivity contribution in [3.63, 3.8) is 0 Å². The zero-order valence-corrected chi connectivity index (χ0v) is 21.0. The Kier molecular flexibility index (Phi) is 6.54. The number of carbonyl (C=O) groups is 4. The van der Waals surface area contributed by atoms with Crippen LogP contribution in [0.4, 0.5) is 5.13 Å². The highest BCUT2D eigenvalue weighted by Gasteiger charge is 2.55. The molecule has 4 heterocycles. The fourth-order valence-corrected chi connectivity index (χ4v) is 6.45. The predicted octanol–water partition coefficient (Wildman–Crippen LogP) is 0.322. The summed E-state index contributed by atoms with van der Waals surface area (Å²) in [7, 11) is 0. The number of thioether (sulfide) groups is 1. The number of nitrogens with two attached hydrogens (primary N) is 1. The van der Waals surface area contributed by atoms with Crippen molar-refractivity contribution in [3.8, 4) is 5.75 Å². The van der Waals surface area contributed by atoms with Crippen LogP contribution in [0, 0.1) is 0 Å². The van der Waals surface area contributed by atoms with Gasteiger partial charge in [0.25, 0.3) is 11.8 Å². The second kappa shape index (κ2) is 9.83. The number of anilines is 1. The topological polar surface area (TPSA) is 208 Å². The zero-order chi connectivity index (χ0) is 27.1. The molecule has 3 amide bonds. The number of fused-ring (bicyclic) bond motifs is 1. The summed E-state index contributed by atoms with van der Waals surface area (Å²) in [4.78, 5) is 56.0. The van der Waals surface area contributed by atoms with E-state index in [4.69, 9.17) is 5.73 Å². The SMILES string of the molecule is Nc1nc(C(=NO)C(=O)N[C@@H]2C(=O)N3C(C(=O)O)=C(C(=C4CCNC4=O)c4ccc(O)cc4)CS[C@H]23)cs1. The van der Waals surface area contributed by atoms with Gasteiger partial charge in [-0.1, -0.05) is 17.3 Å². The highest BCUT2D eigenvalue weighted by atomic mass is 32.2. The summed E-state index contributed by atoms with van der Waals surface area (Å²) >= 11 is 2.26. The Morgan fingerprint density at radius 3 is 2.55 bits per heavy atom. The van der Waals surface area contributed by atoms with Crippen LogP contribution in [0.3, 0.4) is 0 Å². The molecule has 3 aliphatic rings. The molecule has 0 aliphatic carbocycles. The number of thiazole rings is 1. The summed E-state index contributed by atoms with van der Waals surface area (Å²) < 4.78 is 0. The van der Waals surface area contributed by atoms with E-state index in [1.807, 2.05) is 0 Å². The number of carboxylic acids is 1. The van der Waals surface area contributed by atoms with Gasteiger partial charge in [0.15, 0.2) is 10.8 Å². The molecule has 0 bridgehead atoms. The Bertz CT molecular complexity index is 1460. The summed E-state index contributed by atoms with van der Waals surface area (Å²) in [5.41, 5.74) is 6.45. The van der Waals surface area contributed by atoms with Gasteiger partial charge in [0.05, 0.1) is 0 Å². The number of allylic oxidation sites excluding steroid dienone is 1. The molecule has 15 heteroatoms. The largest absolute Gasteiger partial charge is 0.508 e. The van der Waals surface area contributed by atoms with Gasteiger partial charge in [-0.15, -0.1) is 23.1 Å². The third kappa shape index (κ3) is 4.24. The molecule has 3 aliphatic heterocycles. The number of oxime groups is 1. The summed E-state index contributed by atoms with van der Waals surface area (Å²) in [6.45, 7) is 0.386. The normalized spacial score (nSPS) is 22.5. The Balaban J connectivity index is 1.49. The van der Waals surface area contributed by atoms with Crippen LogP contribution in [0.5, 0.6) is 5.75 Å². The number of amides is 3. The van der Waals surface area contributed by atoms with Crippen LogP contribution in [0.25, 0.3) is 5.57 Å². The Hall–Kier alpha value is -4.37. The molecule has 2 fully saturated rings. The molecule has 2 atom stereocenters. The minimum absolute atomic E-state index is 0.00197. The minimum atomic E-state index is -1.37. The van der Waals surface area contributed by atoms with Gasteiger partial charge in [-0.3, -0.25) is 19.3 Å². The Labute approximate surface area is 222 Å². The summed E-state index contributed by atoms with van der Waals surface area (Å²) in [5, 5.41) is 38.2. The second-order valence-corrected chi connectivity index (χ2v) is 10.4. The first-order chi connectivity index (χ1) is 18.2. The van der Waals surface area contributed by atoms with Crippen LogP contribution in [0.2, 0.25) is 0 Å². The highest BCUT2D eigenvalue weighted by molar-refractivity contribution is 8.00. The number of aliphatic carboxylic acids is 1. The molecule has 0 unspecified atom stereocenters. The standard InChI is InChI=1S/C23H20N6O7S2/c24-23-26-13(8-38-23)15(28-36)19(32)27-16-20(33)29-17(22(34)35)12(7-37-21(16)29)14(11-5-6-25-18(11)31)9-1-3-10(30)4-2-9/h1-4,8,16,21,30,36H,5-7H2,(H2,24,26)(H,25,31)(H,27,32)(H,34,35)/t16-,21-/m1/s1. The van der Waals surface area contributed by atoms with Crippen molar-refractivity contribution in [1.29, 1.82) is 0 Å². The monoisotopic (exact) mass is 556 g/mol. The van der Waals surface area contributed by atoms with Crippen molar-refractivity contribution in [3.05, 3.63) is 57.7 Å². The lowest BCUT2D eigenvalue weighted by Crippen LogP contribution is -2.71. The lowest BCUT2D eigenvalue weighted by Gasteiger charge is -2.49. The molecule has 0 radical (unpaired) electrons. The number of phenolic OH excluding ortho intramolecular Hbond substituents is 1. The maximum Gasteiger partial charge on any atom is 0.352 e. The number of benzene rings is 1. The average molecular weight is 557 g/mol. The molecule has 1 aromatic carbocycles. The van der Waals surface area contributed by atoms with Gasteiger partial charge in [-0.05, 0) is 29.7 Å². The van der Waals surface area contributed by atoms with Crippen molar-refractivity contribution in [2.75, 3.05) is 18.0 Å². The summed E-state index contributed by atoms with van der Waals surface area (Å²) in [5.74, 6) is -3.13. The number of rotatable bonds is 6. The van der Waals surface area contributed by atoms with Crippen LogP contribution in [-0.2, 0) is 19.2 Å².